The zero-order valence-corrected chi connectivity index (χ0v) is 8.89. The Morgan fingerprint density at radius 2 is 2.06 bits per heavy atom. The Morgan fingerprint density at radius 1 is 1.38 bits per heavy atom. The van der Waals surface area contributed by atoms with Crippen LogP contribution in [0.15, 0.2) is 24.3 Å². The number of carbonyl (C=O) groups excluding carboxylic acids is 1. The molecule has 82 valence electrons. The van der Waals surface area contributed by atoms with Gasteiger partial charge in [-0.05, 0) is 37.1 Å². The standard InChI is InChI=1S/C12H13N3O/c13-8-9-3-5-10(6-4-9)15-7-1-2-11(14)12(15)16/h3-6,11H,1-2,7,14H2. The van der Waals surface area contributed by atoms with Gasteiger partial charge in [0.25, 0.3) is 0 Å². The highest BCUT2D eigenvalue weighted by atomic mass is 16.2. The van der Waals surface area contributed by atoms with Crippen molar-refractivity contribution in [1.29, 1.82) is 5.26 Å². The molecular weight excluding hydrogens is 202 g/mol. The minimum atomic E-state index is -0.385. The van der Waals surface area contributed by atoms with Gasteiger partial charge in [-0.2, -0.15) is 5.26 Å². The van der Waals surface area contributed by atoms with E-state index in [0.717, 1.165) is 18.5 Å². The molecule has 0 bridgehead atoms. The maximum Gasteiger partial charge on any atom is 0.243 e. The molecule has 1 aromatic rings. The second-order valence-electron chi connectivity index (χ2n) is 3.90. The molecule has 1 heterocycles. The smallest absolute Gasteiger partial charge is 0.243 e. The lowest BCUT2D eigenvalue weighted by Gasteiger charge is -2.30. The highest BCUT2D eigenvalue weighted by Crippen LogP contribution is 2.20. The Kier molecular flexibility index (Phi) is 2.88. The third-order valence-corrected chi connectivity index (χ3v) is 2.79. The van der Waals surface area contributed by atoms with Gasteiger partial charge in [0.1, 0.15) is 0 Å². The maximum atomic E-state index is 11.8. The minimum Gasteiger partial charge on any atom is -0.320 e. The van der Waals surface area contributed by atoms with Gasteiger partial charge in [0.15, 0.2) is 0 Å². The van der Waals surface area contributed by atoms with Crippen LogP contribution in [0, 0.1) is 11.3 Å². The Balaban J connectivity index is 2.23. The molecule has 2 N–H and O–H groups in total. The molecule has 1 aliphatic heterocycles. The maximum absolute atomic E-state index is 11.8. The van der Waals surface area contributed by atoms with Crippen LogP contribution < -0.4 is 10.6 Å². The first-order valence-corrected chi connectivity index (χ1v) is 5.29. The van der Waals surface area contributed by atoms with Crippen LogP contribution in [0.25, 0.3) is 0 Å². The summed E-state index contributed by atoms with van der Waals surface area (Å²) in [6.07, 6.45) is 1.68. The lowest BCUT2D eigenvalue weighted by Crippen LogP contribution is -2.48. The van der Waals surface area contributed by atoms with Crippen molar-refractivity contribution in [3.05, 3.63) is 29.8 Å². The van der Waals surface area contributed by atoms with Crippen LogP contribution in [0.2, 0.25) is 0 Å². The second kappa shape index (κ2) is 4.33. The highest BCUT2D eigenvalue weighted by molar-refractivity contribution is 5.97. The average molecular weight is 215 g/mol. The molecule has 0 aliphatic carbocycles. The fraction of sp³-hybridized carbons (Fsp3) is 0.333. The summed E-state index contributed by atoms with van der Waals surface area (Å²) in [5.41, 5.74) is 7.13. The predicted molar refractivity (Wildman–Crippen MR) is 60.7 cm³/mol. The van der Waals surface area contributed by atoms with Crippen molar-refractivity contribution in [2.45, 2.75) is 18.9 Å². The van der Waals surface area contributed by atoms with Gasteiger partial charge < -0.3 is 10.6 Å². The Hall–Kier alpha value is -1.86. The van der Waals surface area contributed by atoms with Crippen molar-refractivity contribution in [3.8, 4) is 6.07 Å². The molecule has 1 saturated heterocycles. The van der Waals surface area contributed by atoms with E-state index in [0.29, 0.717) is 12.1 Å². The number of nitrogens with two attached hydrogens (primary N) is 1. The number of piperidine rings is 1. The zero-order valence-electron chi connectivity index (χ0n) is 8.89. The first-order valence-electron chi connectivity index (χ1n) is 5.29. The van der Waals surface area contributed by atoms with E-state index in [2.05, 4.69) is 0 Å². The first kappa shape index (κ1) is 10.7. The summed E-state index contributed by atoms with van der Waals surface area (Å²) in [5, 5.41) is 8.68. The van der Waals surface area contributed by atoms with Crippen molar-refractivity contribution in [1.82, 2.24) is 0 Å². The molecule has 1 unspecified atom stereocenters. The average Bonchev–Trinajstić information content (AvgIpc) is 2.33. The van der Waals surface area contributed by atoms with E-state index in [1.807, 2.05) is 6.07 Å². The van der Waals surface area contributed by atoms with Gasteiger partial charge in [0.05, 0.1) is 17.7 Å². The number of amides is 1. The van der Waals surface area contributed by atoms with Crippen molar-refractivity contribution < 1.29 is 4.79 Å². The van der Waals surface area contributed by atoms with Gasteiger partial charge in [0, 0.05) is 12.2 Å². The van der Waals surface area contributed by atoms with Crippen LogP contribution >= 0.6 is 0 Å². The van der Waals surface area contributed by atoms with E-state index in [1.54, 1.807) is 29.2 Å². The number of hydrogen-bond donors (Lipinski definition) is 1. The van der Waals surface area contributed by atoms with Crippen molar-refractivity contribution in [2.24, 2.45) is 5.73 Å². The summed E-state index contributed by atoms with van der Waals surface area (Å²) in [4.78, 5) is 13.5. The van der Waals surface area contributed by atoms with Crippen LogP contribution in [0.1, 0.15) is 18.4 Å². The van der Waals surface area contributed by atoms with Gasteiger partial charge in [-0.1, -0.05) is 0 Å². The van der Waals surface area contributed by atoms with Gasteiger partial charge >= 0.3 is 0 Å². The Labute approximate surface area is 94.3 Å². The van der Waals surface area contributed by atoms with Gasteiger partial charge in [0.2, 0.25) is 5.91 Å². The number of hydrogen-bond acceptors (Lipinski definition) is 3. The molecule has 2 rings (SSSR count). The van der Waals surface area contributed by atoms with Crippen LogP contribution in [-0.2, 0) is 4.79 Å². The van der Waals surface area contributed by atoms with Crippen LogP contribution in [0.3, 0.4) is 0 Å². The molecule has 4 nitrogen and oxygen atoms in total. The topological polar surface area (TPSA) is 70.1 Å². The highest BCUT2D eigenvalue weighted by Gasteiger charge is 2.26. The SMILES string of the molecule is N#Cc1ccc(N2CCCC(N)C2=O)cc1. The van der Waals surface area contributed by atoms with E-state index in [9.17, 15) is 4.79 Å². The summed E-state index contributed by atoms with van der Waals surface area (Å²) < 4.78 is 0. The van der Waals surface area contributed by atoms with Crippen molar-refractivity contribution >= 4 is 11.6 Å². The van der Waals surface area contributed by atoms with Crippen molar-refractivity contribution in [3.63, 3.8) is 0 Å². The molecule has 0 saturated carbocycles. The Bertz CT molecular complexity index is 433. The molecule has 1 atom stereocenters. The number of carbonyl (C=O) groups is 1. The minimum absolute atomic E-state index is 0.0315. The molecule has 4 heteroatoms. The molecule has 16 heavy (non-hydrogen) atoms. The van der Waals surface area contributed by atoms with Crippen LogP contribution in [-0.4, -0.2) is 18.5 Å². The lowest BCUT2D eigenvalue weighted by molar-refractivity contribution is -0.120. The molecule has 0 spiro atoms. The predicted octanol–water partition coefficient (Wildman–Crippen LogP) is 1.01. The molecule has 0 aromatic heterocycles. The number of anilines is 1. The molecular formula is C12H13N3O. The lowest BCUT2D eigenvalue weighted by atomic mass is 10.0. The van der Waals surface area contributed by atoms with Crippen molar-refractivity contribution in [2.75, 3.05) is 11.4 Å². The summed E-state index contributed by atoms with van der Waals surface area (Å²) >= 11 is 0. The van der Waals surface area contributed by atoms with E-state index in [1.165, 1.54) is 0 Å². The molecule has 1 aliphatic rings. The quantitative estimate of drug-likeness (QED) is 0.760. The summed E-state index contributed by atoms with van der Waals surface area (Å²) in [6.45, 7) is 0.707. The number of benzene rings is 1. The second-order valence-corrected chi connectivity index (χ2v) is 3.90. The monoisotopic (exact) mass is 215 g/mol. The van der Waals surface area contributed by atoms with Gasteiger partial charge in [-0.15, -0.1) is 0 Å². The van der Waals surface area contributed by atoms with E-state index in [4.69, 9.17) is 11.0 Å². The van der Waals surface area contributed by atoms with E-state index in [-0.39, 0.29) is 11.9 Å². The third-order valence-electron chi connectivity index (χ3n) is 2.79. The molecule has 1 fully saturated rings. The van der Waals surface area contributed by atoms with Gasteiger partial charge in [-0.3, -0.25) is 4.79 Å². The third kappa shape index (κ3) is 1.90. The molecule has 1 aromatic carbocycles. The van der Waals surface area contributed by atoms with E-state index >= 15 is 0 Å². The fourth-order valence-corrected chi connectivity index (χ4v) is 1.88. The Morgan fingerprint density at radius 3 is 2.69 bits per heavy atom. The van der Waals surface area contributed by atoms with Crippen LogP contribution in [0.5, 0.6) is 0 Å². The largest absolute Gasteiger partial charge is 0.320 e. The number of nitrogens with zero attached hydrogens (tertiary/aromatic N) is 2. The normalized spacial score (nSPS) is 20.6. The summed E-state index contributed by atoms with van der Waals surface area (Å²) in [6, 6.07) is 8.66. The first-order chi connectivity index (χ1) is 7.72. The molecule has 1 amide bonds. The number of nitriles is 1. The molecule has 0 radical (unpaired) electrons. The van der Waals surface area contributed by atoms with E-state index < -0.39 is 0 Å². The number of rotatable bonds is 1. The van der Waals surface area contributed by atoms with Gasteiger partial charge in [-0.25, -0.2) is 0 Å². The van der Waals surface area contributed by atoms with Crippen LogP contribution in [0.4, 0.5) is 5.69 Å². The fourth-order valence-electron chi connectivity index (χ4n) is 1.88. The summed E-state index contributed by atoms with van der Waals surface area (Å²) in [7, 11) is 0. The zero-order chi connectivity index (χ0) is 11.5. The summed E-state index contributed by atoms with van der Waals surface area (Å²) in [5.74, 6) is -0.0315.